The molecule has 1 aromatic rings. The highest BCUT2D eigenvalue weighted by atomic mass is 35.5. The zero-order chi connectivity index (χ0) is 8.43. The Morgan fingerprint density at radius 2 is 2.25 bits per heavy atom. The van der Waals surface area contributed by atoms with Gasteiger partial charge in [-0.2, -0.15) is 4.39 Å². The maximum atomic E-state index is 12.7. The predicted molar refractivity (Wildman–Crippen MR) is 45.2 cm³/mol. The summed E-state index contributed by atoms with van der Waals surface area (Å²) in [5.74, 6) is -0.850. The summed E-state index contributed by atoms with van der Waals surface area (Å²) in [4.78, 5) is 16.3. The monoisotopic (exact) mass is 194 g/mol. The maximum Gasteiger partial charge on any atom is 0.288 e. The second-order valence-electron chi connectivity index (χ2n) is 1.97. The molecule has 5 N–H and O–H groups in total. The van der Waals surface area contributed by atoms with Gasteiger partial charge in [-0.15, -0.1) is 0 Å². The minimum Gasteiger partial charge on any atom is -0.369 e. The molecule has 0 aliphatic heterocycles. The highest BCUT2D eigenvalue weighted by Gasteiger charge is 2.06. The fourth-order valence-electron chi connectivity index (χ4n) is 0.709. The molecule has 6 heteroatoms. The summed E-state index contributed by atoms with van der Waals surface area (Å²) in [6, 6.07) is 0. The molecule has 1 heterocycles. The van der Waals surface area contributed by atoms with Crippen molar-refractivity contribution in [3.63, 3.8) is 0 Å². The molecule has 0 amide bonds. The third-order valence-electron chi connectivity index (χ3n) is 1.24. The molecule has 0 bridgehead atoms. The van der Waals surface area contributed by atoms with E-state index in [-0.39, 0.29) is 17.1 Å². The van der Waals surface area contributed by atoms with Gasteiger partial charge in [0.1, 0.15) is 0 Å². The fraction of sp³-hybridized carbons (Fsp3) is 0.333. The van der Waals surface area contributed by atoms with Crippen molar-refractivity contribution in [3.05, 3.63) is 27.1 Å². The molecule has 1 aromatic heterocycles. The molecular weight excluding hydrogens is 185 g/mol. The molecule has 0 aliphatic rings. The van der Waals surface area contributed by atoms with E-state index in [0.717, 1.165) is 0 Å². The van der Waals surface area contributed by atoms with Crippen molar-refractivity contribution in [1.82, 2.24) is 16.1 Å². The van der Waals surface area contributed by atoms with Crippen molar-refractivity contribution in [2.24, 2.45) is 0 Å². The van der Waals surface area contributed by atoms with Gasteiger partial charge in [0, 0.05) is 0 Å². The normalized spacial score (nSPS) is 9.25. The summed E-state index contributed by atoms with van der Waals surface area (Å²) in [6.07, 6.45) is 0.357. The molecule has 0 saturated heterocycles. The first-order chi connectivity index (χ1) is 5.15. The summed E-state index contributed by atoms with van der Waals surface area (Å²) in [5, 5.41) is -0.0757. The molecule has 0 atom stereocenters. The summed E-state index contributed by atoms with van der Waals surface area (Å²) in [6.45, 7) is 1.70. The number of nitrogens with one attached hydrogen (secondary N) is 1. The summed E-state index contributed by atoms with van der Waals surface area (Å²) in [5.41, 5.74) is -0.722. The van der Waals surface area contributed by atoms with Crippen LogP contribution in [0.2, 0.25) is 5.28 Å². The molecule has 0 radical (unpaired) electrons. The largest absolute Gasteiger partial charge is 0.369 e. The van der Waals surface area contributed by atoms with Crippen LogP contribution in [0.4, 0.5) is 4.39 Å². The lowest BCUT2D eigenvalue weighted by atomic mass is 10.3. The van der Waals surface area contributed by atoms with Crippen LogP contribution < -0.4 is 11.7 Å². The van der Waals surface area contributed by atoms with Gasteiger partial charge in [0.2, 0.25) is 11.1 Å². The maximum absolute atomic E-state index is 12.7. The van der Waals surface area contributed by atoms with Gasteiger partial charge in [-0.05, 0) is 18.0 Å². The van der Waals surface area contributed by atoms with Gasteiger partial charge in [0.15, 0.2) is 0 Å². The number of hydrogen-bond donors (Lipinski definition) is 2. The van der Waals surface area contributed by atoms with E-state index in [4.69, 9.17) is 11.6 Å². The van der Waals surface area contributed by atoms with E-state index in [0.29, 0.717) is 6.42 Å². The Hall–Kier alpha value is -0.940. The molecule has 0 fully saturated rings. The van der Waals surface area contributed by atoms with Crippen LogP contribution in [0, 0.1) is 5.82 Å². The molecule has 68 valence electrons. The van der Waals surface area contributed by atoms with Crippen molar-refractivity contribution in [2.45, 2.75) is 13.3 Å². The van der Waals surface area contributed by atoms with Gasteiger partial charge in [0.25, 0.3) is 5.56 Å². The first kappa shape index (κ1) is 11.1. The van der Waals surface area contributed by atoms with Crippen LogP contribution in [0.5, 0.6) is 0 Å². The average Bonchev–Trinajstić information content (AvgIpc) is 1.96. The first-order valence-electron chi connectivity index (χ1n) is 3.09. The van der Waals surface area contributed by atoms with Gasteiger partial charge in [-0.1, -0.05) is 6.92 Å². The Morgan fingerprint density at radius 1 is 1.67 bits per heavy atom. The molecule has 12 heavy (non-hydrogen) atoms. The number of rotatable bonds is 1. The topological polar surface area (TPSA) is 82.2 Å². The van der Waals surface area contributed by atoms with Gasteiger partial charge in [-0.3, -0.25) is 9.78 Å². The minimum absolute atomic E-state index is 0. The zero-order valence-electron chi connectivity index (χ0n) is 6.82. The van der Waals surface area contributed by atoms with E-state index < -0.39 is 11.4 Å². The molecule has 0 spiro atoms. The number of aromatic amines is 1. The highest BCUT2D eigenvalue weighted by molar-refractivity contribution is 6.28. The summed E-state index contributed by atoms with van der Waals surface area (Å²) >= 11 is 5.37. The molecule has 4 nitrogen and oxygen atoms in total. The lowest BCUT2D eigenvalue weighted by molar-refractivity contribution is 0.580. The van der Waals surface area contributed by atoms with Crippen LogP contribution in [0.25, 0.3) is 0 Å². The molecule has 0 aromatic carbocycles. The van der Waals surface area contributed by atoms with E-state index in [1.165, 1.54) is 0 Å². The van der Waals surface area contributed by atoms with Gasteiger partial charge in [-0.25, -0.2) is 4.98 Å². The number of hydrogen-bond acceptors (Lipinski definition) is 2. The Labute approximate surface area is 73.4 Å². The molecule has 0 saturated carbocycles. The number of aryl methyl sites for hydroxylation is 1. The SMILES string of the molecule is CCc1nc(Cl)[nH]c(=O)c1F.[NH4+]. The lowest BCUT2D eigenvalue weighted by Gasteiger charge is -1.96. The Balaban J connectivity index is 0.00000121. The fourth-order valence-corrected chi connectivity index (χ4v) is 0.897. The van der Waals surface area contributed by atoms with E-state index in [1.54, 1.807) is 6.92 Å². The van der Waals surface area contributed by atoms with Crippen LogP contribution in [0.1, 0.15) is 12.6 Å². The number of aromatic nitrogens is 2. The van der Waals surface area contributed by atoms with E-state index in [9.17, 15) is 9.18 Å². The van der Waals surface area contributed by atoms with Crippen LogP contribution in [-0.4, -0.2) is 9.97 Å². The lowest BCUT2D eigenvalue weighted by Crippen LogP contribution is -2.15. The highest BCUT2D eigenvalue weighted by Crippen LogP contribution is 2.02. The Kier molecular flexibility index (Phi) is 3.85. The Morgan fingerprint density at radius 3 is 2.75 bits per heavy atom. The third-order valence-corrected chi connectivity index (χ3v) is 1.42. The van der Waals surface area contributed by atoms with Gasteiger partial charge < -0.3 is 6.15 Å². The third kappa shape index (κ3) is 2.02. The molecule has 1 rings (SSSR count). The average molecular weight is 195 g/mol. The van der Waals surface area contributed by atoms with Crippen molar-refractivity contribution >= 4 is 11.6 Å². The summed E-state index contributed by atoms with van der Waals surface area (Å²) in [7, 11) is 0. The van der Waals surface area contributed by atoms with Gasteiger partial charge in [0.05, 0.1) is 5.69 Å². The standard InChI is InChI=1S/C6H6ClFN2O.H3N/c1-2-3-4(8)5(11)10-6(7)9-3;/h2H2,1H3,(H,9,10,11);1H3/p+1. The minimum atomic E-state index is -0.850. The van der Waals surface area contributed by atoms with E-state index in [1.807, 2.05) is 4.98 Å². The van der Waals surface area contributed by atoms with Crippen LogP contribution >= 0.6 is 11.6 Å². The number of halogens is 2. The van der Waals surface area contributed by atoms with E-state index in [2.05, 4.69) is 4.98 Å². The van der Waals surface area contributed by atoms with Crippen molar-refractivity contribution in [1.29, 1.82) is 0 Å². The smallest absolute Gasteiger partial charge is 0.288 e. The number of nitrogens with zero attached hydrogens (tertiary/aromatic N) is 1. The van der Waals surface area contributed by atoms with Crippen LogP contribution in [0.3, 0.4) is 0 Å². The number of H-pyrrole nitrogens is 1. The zero-order valence-corrected chi connectivity index (χ0v) is 7.57. The quantitative estimate of drug-likeness (QED) is 0.665. The first-order valence-corrected chi connectivity index (χ1v) is 3.47. The van der Waals surface area contributed by atoms with Crippen molar-refractivity contribution < 1.29 is 4.39 Å². The van der Waals surface area contributed by atoms with Gasteiger partial charge >= 0.3 is 0 Å². The van der Waals surface area contributed by atoms with Crippen LogP contribution in [-0.2, 0) is 6.42 Å². The van der Waals surface area contributed by atoms with Crippen LogP contribution in [0.15, 0.2) is 4.79 Å². The van der Waals surface area contributed by atoms with Crippen molar-refractivity contribution in [3.8, 4) is 0 Å². The molecule has 0 aliphatic carbocycles. The Bertz CT molecular complexity index is 325. The second kappa shape index (κ2) is 4.18. The summed E-state index contributed by atoms with van der Waals surface area (Å²) < 4.78 is 12.7. The number of quaternary nitrogens is 1. The van der Waals surface area contributed by atoms with E-state index >= 15 is 0 Å². The predicted octanol–water partition coefficient (Wildman–Crippen LogP) is 1.50. The molecular formula is C6H10ClFN3O+. The second-order valence-corrected chi connectivity index (χ2v) is 2.33. The van der Waals surface area contributed by atoms with Crippen molar-refractivity contribution in [2.75, 3.05) is 0 Å². The molecule has 0 unspecified atom stereocenters.